The van der Waals surface area contributed by atoms with E-state index < -0.39 is 0 Å². The average molecular weight is 333 g/mol. The predicted molar refractivity (Wildman–Crippen MR) is 92.7 cm³/mol. The van der Waals surface area contributed by atoms with Crippen LogP contribution >= 0.6 is 0 Å². The molecule has 0 atom stereocenters. The summed E-state index contributed by atoms with van der Waals surface area (Å²) >= 11 is 0. The standard InChI is InChI=1S/C18H27N3O3/c1-2-24-16-6-3-14(4-7-16)5-8-18(23)20-15-9-11-21(12-10-15)13-17(19)22/h3-4,6-7,15H,2,5,8-13H2,1H3,(H2,19,22)(H,20,23). The molecule has 24 heavy (non-hydrogen) atoms. The van der Waals surface area contributed by atoms with Gasteiger partial charge in [-0.15, -0.1) is 0 Å². The van der Waals surface area contributed by atoms with Gasteiger partial charge in [0, 0.05) is 25.6 Å². The molecule has 1 aliphatic rings. The van der Waals surface area contributed by atoms with Crippen molar-refractivity contribution in [1.29, 1.82) is 0 Å². The number of hydrogen-bond acceptors (Lipinski definition) is 4. The van der Waals surface area contributed by atoms with Crippen LogP contribution in [-0.4, -0.2) is 49.0 Å². The quantitative estimate of drug-likeness (QED) is 0.746. The van der Waals surface area contributed by atoms with Crippen molar-refractivity contribution >= 4 is 11.8 Å². The van der Waals surface area contributed by atoms with E-state index in [1.165, 1.54) is 0 Å². The number of ether oxygens (including phenoxy) is 1. The normalized spacial score (nSPS) is 15.9. The van der Waals surface area contributed by atoms with Gasteiger partial charge in [0.05, 0.1) is 13.2 Å². The Bertz CT molecular complexity index is 537. The smallest absolute Gasteiger partial charge is 0.231 e. The molecule has 1 aliphatic heterocycles. The fourth-order valence-corrected chi connectivity index (χ4v) is 2.93. The number of benzene rings is 1. The van der Waals surface area contributed by atoms with Gasteiger partial charge in [0.25, 0.3) is 0 Å². The summed E-state index contributed by atoms with van der Waals surface area (Å²) in [6, 6.07) is 8.07. The molecule has 0 saturated carbocycles. The summed E-state index contributed by atoms with van der Waals surface area (Å²) in [4.78, 5) is 25.0. The molecule has 3 N–H and O–H groups in total. The van der Waals surface area contributed by atoms with E-state index >= 15 is 0 Å². The van der Waals surface area contributed by atoms with E-state index in [1.54, 1.807) is 0 Å². The first kappa shape index (κ1) is 18.3. The van der Waals surface area contributed by atoms with E-state index in [1.807, 2.05) is 36.1 Å². The number of nitrogens with two attached hydrogens (primary N) is 1. The third-order valence-electron chi connectivity index (χ3n) is 4.21. The van der Waals surface area contributed by atoms with Crippen LogP contribution in [0, 0.1) is 0 Å². The Morgan fingerprint density at radius 3 is 2.50 bits per heavy atom. The first-order valence-electron chi connectivity index (χ1n) is 8.58. The van der Waals surface area contributed by atoms with Crippen molar-refractivity contribution in [1.82, 2.24) is 10.2 Å². The van der Waals surface area contributed by atoms with Gasteiger partial charge >= 0.3 is 0 Å². The highest BCUT2D eigenvalue weighted by atomic mass is 16.5. The zero-order valence-corrected chi connectivity index (χ0v) is 14.3. The maximum absolute atomic E-state index is 12.1. The predicted octanol–water partition coefficient (Wildman–Crippen LogP) is 1.08. The Labute approximate surface area is 143 Å². The van der Waals surface area contributed by atoms with E-state index in [0.717, 1.165) is 43.7 Å². The molecule has 0 aliphatic carbocycles. The summed E-state index contributed by atoms with van der Waals surface area (Å²) in [5, 5.41) is 3.09. The topological polar surface area (TPSA) is 84.7 Å². The molecule has 0 bridgehead atoms. The lowest BCUT2D eigenvalue weighted by Crippen LogP contribution is -2.46. The van der Waals surface area contributed by atoms with Crippen molar-refractivity contribution < 1.29 is 14.3 Å². The lowest BCUT2D eigenvalue weighted by atomic mass is 10.0. The highest BCUT2D eigenvalue weighted by Gasteiger charge is 2.21. The maximum Gasteiger partial charge on any atom is 0.231 e. The minimum atomic E-state index is -0.298. The Morgan fingerprint density at radius 2 is 1.92 bits per heavy atom. The van der Waals surface area contributed by atoms with Crippen LogP contribution in [0.25, 0.3) is 0 Å². The number of hydrogen-bond donors (Lipinski definition) is 2. The van der Waals surface area contributed by atoms with Crippen LogP contribution in [0.3, 0.4) is 0 Å². The van der Waals surface area contributed by atoms with Gasteiger partial charge in [-0.05, 0) is 43.9 Å². The van der Waals surface area contributed by atoms with Crippen LogP contribution in [0.5, 0.6) is 5.75 Å². The summed E-state index contributed by atoms with van der Waals surface area (Å²) < 4.78 is 5.41. The largest absolute Gasteiger partial charge is 0.494 e. The van der Waals surface area contributed by atoms with Gasteiger partial charge in [-0.3, -0.25) is 14.5 Å². The van der Waals surface area contributed by atoms with Gasteiger partial charge in [0.1, 0.15) is 5.75 Å². The first-order valence-corrected chi connectivity index (χ1v) is 8.58. The Kier molecular flexibility index (Phi) is 7.06. The molecule has 1 saturated heterocycles. The van der Waals surface area contributed by atoms with Crippen molar-refractivity contribution in [3.63, 3.8) is 0 Å². The third kappa shape index (κ3) is 6.20. The molecule has 6 heteroatoms. The zero-order valence-electron chi connectivity index (χ0n) is 14.3. The Hall–Kier alpha value is -2.08. The second-order valence-electron chi connectivity index (χ2n) is 6.16. The molecule has 1 aromatic carbocycles. The molecule has 1 heterocycles. The second-order valence-corrected chi connectivity index (χ2v) is 6.16. The molecule has 132 valence electrons. The highest BCUT2D eigenvalue weighted by molar-refractivity contribution is 5.76. The third-order valence-corrected chi connectivity index (χ3v) is 4.21. The van der Waals surface area contributed by atoms with E-state index in [-0.39, 0.29) is 17.9 Å². The summed E-state index contributed by atoms with van der Waals surface area (Å²) in [5.74, 6) is 0.637. The van der Waals surface area contributed by atoms with Crippen LogP contribution in [0.15, 0.2) is 24.3 Å². The molecule has 2 rings (SSSR count). The van der Waals surface area contributed by atoms with Crippen LogP contribution in [0.4, 0.5) is 0 Å². The van der Waals surface area contributed by atoms with Gasteiger partial charge < -0.3 is 15.8 Å². The van der Waals surface area contributed by atoms with Crippen LogP contribution in [-0.2, 0) is 16.0 Å². The molecular weight excluding hydrogens is 306 g/mol. The van der Waals surface area contributed by atoms with E-state index in [4.69, 9.17) is 10.5 Å². The number of nitrogens with one attached hydrogen (secondary N) is 1. The van der Waals surface area contributed by atoms with Crippen molar-refractivity contribution in [2.24, 2.45) is 5.73 Å². The monoisotopic (exact) mass is 333 g/mol. The van der Waals surface area contributed by atoms with Crippen LogP contribution < -0.4 is 15.8 Å². The fraction of sp³-hybridized carbons (Fsp3) is 0.556. The maximum atomic E-state index is 12.1. The minimum absolute atomic E-state index is 0.0808. The van der Waals surface area contributed by atoms with Gasteiger partial charge in [-0.25, -0.2) is 0 Å². The van der Waals surface area contributed by atoms with Crippen LogP contribution in [0.2, 0.25) is 0 Å². The van der Waals surface area contributed by atoms with E-state index in [0.29, 0.717) is 19.6 Å². The van der Waals surface area contributed by atoms with Gasteiger partial charge in [0.2, 0.25) is 11.8 Å². The van der Waals surface area contributed by atoms with Gasteiger partial charge in [-0.1, -0.05) is 12.1 Å². The molecule has 1 fully saturated rings. The number of piperidine rings is 1. The number of carbonyl (C=O) groups excluding carboxylic acids is 2. The van der Waals surface area contributed by atoms with E-state index in [2.05, 4.69) is 5.32 Å². The number of amides is 2. The molecule has 0 radical (unpaired) electrons. The van der Waals surface area contributed by atoms with Gasteiger partial charge in [0.15, 0.2) is 0 Å². The minimum Gasteiger partial charge on any atom is -0.494 e. The number of aryl methyl sites for hydroxylation is 1. The lowest BCUT2D eigenvalue weighted by molar-refractivity contribution is -0.123. The summed E-state index contributed by atoms with van der Waals surface area (Å²) in [7, 11) is 0. The number of carbonyl (C=O) groups is 2. The summed E-state index contributed by atoms with van der Waals surface area (Å²) in [6.45, 7) is 4.51. The fourth-order valence-electron chi connectivity index (χ4n) is 2.93. The zero-order chi connectivity index (χ0) is 17.4. The van der Waals surface area contributed by atoms with Crippen molar-refractivity contribution in [3.05, 3.63) is 29.8 Å². The van der Waals surface area contributed by atoms with Crippen molar-refractivity contribution in [3.8, 4) is 5.75 Å². The molecule has 1 aromatic rings. The van der Waals surface area contributed by atoms with E-state index in [9.17, 15) is 9.59 Å². The molecule has 0 aromatic heterocycles. The first-order chi connectivity index (χ1) is 11.6. The van der Waals surface area contributed by atoms with Crippen molar-refractivity contribution in [2.45, 2.75) is 38.6 Å². The molecule has 0 spiro atoms. The van der Waals surface area contributed by atoms with Crippen molar-refractivity contribution in [2.75, 3.05) is 26.2 Å². The number of primary amides is 1. The van der Waals surface area contributed by atoms with Crippen LogP contribution in [0.1, 0.15) is 31.7 Å². The molecule has 2 amide bonds. The molecule has 6 nitrogen and oxygen atoms in total. The molecule has 0 unspecified atom stereocenters. The Balaban J connectivity index is 1.67. The lowest BCUT2D eigenvalue weighted by Gasteiger charge is -2.31. The summed E-state index contributed by atoms with van der Waals surface area (Å²) in [5.41, 5.74) is 6.33. The SMILES string of the molecule is CCOc1ccc(CCC(=O)NC2CCN(CC(N)=O)CC2)cc1. The number of rotatable bonds is 8. The molecular formula is C18H27N3O3. The highest BCUT2D eigenvalue weighted by Crippen LogP contribution is 2.14. The average Bonchev–Trinajstić information content (AvgIpc) is 2.56. The number of likely N-dealkylation sites (tertiary alicyclic amines) is 1. The Morgan fingerprint density at radius 1 is 1.25 bits per heavy atom. The van der Waals surface area contributed by atoms with Gasteiger partial charge in [-0.2, -0.15) is 0 Å². The number of nitrogens with zero attached hydrogens (tertiary/aromatic N) is 1. The summed E-state index contributed by atoms with van der Waals surface area (Å²) in [6.07, 6.45) is 2.93. The second kappa shape index (κ2) is 9.27.